The Balaban J connectivity index is 3.06. The van der Waals surface area contributed by atoms with Gasteiger partial charge in [-0.05, 0) is 19.5 Å². The zero-order valence-electron chi connectivity index (χ0n) is 11.7. The first-order valence-corrected chi connectivity index (χ1v) is 6.45. The van der Waals surface area contributed by atoms with Gasteiger partial charge in [-0.15, -0.1) is 0 Å². The van der Waals surface area contributed by atoms with Gasteiger partial charge in [0.15, 0.2) is 11.6 Å². The number of methoxy groups -OCH3 is 1. The fourth-order valence-electron chi connectivity index (χ4n) is 2.40. The van der Waals surface area contributed by atoms with Crippen LogP contribution in [0.25, 0.3) is 0 Å². The summed E-state index contributed by atoms with van der Waals surface area (Å²) in [5, 5.41) is 0. The molecule has 0 spiro atoms. The van der Waals surface area contributed by atoms with Crippen molar-refractivity contribution in [3.63, 3.8) is 0 Å². The van der Waals surface area contributed by atoms with E-state index in [-0.39, 0.29) is 18.6 Å². The fraction of sp³-hybridized carbons (Fsp3) is 0.571. The van der Waals surface area contributed by atoms with Gasteiger partial charge in [-0.25, -0.2) is 8.78 Å². The van der Waals surface area contributed by atoms with Crippen molar-refractivity contribution in [1.82, 2.24) is 4.90 Å². The molecule has 0 radical (unpaired) electrons. The summed E-state index contributed by atoms with van der Waals surface area (Å²) in [4.78, 5) is 2.02. The highest BCUT2D eigenvalue weighted by Crippen LogP contribution is 2.25. The molecular formula is C14H22F2N2O. The number of hydrogen-bond donors (Lipinski definition) is 1. The minimum atomic E-state index is -0.841. The van der Waals surface area contributed by atoms with Crippen molar-refractivity contribution in [1.29, 1.82) is 0 Å². The van der Waals surface area contributed by atoms with Gasteiger partial charge in [0.2, 0.25) is 0 Å². The number of nitrogens with zero attached hydrogens (tertiary/aromatic N) is 1. The van der Waals surface area contributed by atoms with Crippen LogP contribution in [0.15, 0.2) is 18.2 Å². The maximum absolute atomic E-state index is 13.9. The van der Waals surface area contributed by atoms with Gasteiger partial charge < -0.3 is 10.5 Å². The first kappa shape index (κ1) is 16.0. The predicted octanol–water partition coefficient (Wildman–Crippen LogP) is 2.32. The monoisotopic (exact) mass is 272 g/mol. The van der Waals surface area contributed by atoms with Crippen molar-refractivity contribution in [2.45, 2.75) is 25.9 Å². The molecule has 0 aromatic heterocycles. The lowest BCUT2D eigenvalue weighted by Gasteiger charge is -2.35. The van der Waals surface area contributed by atoms with E-state index in [0.29, 0.717) is 18.7 Å². The van der Waals surface area contributed by atoms with Crippen LogP contribution in [-0.2, 0) is 4.74 Å². The van der Waals surface area contributed by atoms with Crippen molar-refractivity contribution < 1.29 is 13.5 Å². The Labute approximate surface area is 113 Å². The zero-order chi connectivity index (χ0) is 14.4. The summed E-state index contributed by atoms with van der Waals surface area (Å²) in [7, 11) is 1.62. The second-order valence-electron chi connectivity index (χ2n) is 4.53. The number of benzene rings is 1. The van der Waals surface area contributed by atoms with E-state index < -0.39 is 11.6 Å². The largest absolute Gasteiger partial charge is 0.383 e. The quantitative estimate of drug-likeness (QED) is 0.828. The van der Waals surface area contributed by atoms with Crippen molar-refractivity contribution in [2.75, 3.05) is 26.8 Å². The molecule has 0 saturated heterocycles. The summed E-state index contributed by atoms with van der Waals surface area (Å²) in [5.74, 6) is -1.66. The highest BCUT2D eigenvalue weighted by atomic mass is 19.2. The van der Waals surface area contributed by atoms with Crippen LogP contribution in [0.5, 0.6) is 0 Å². The van der Waals surface area contributed by atoms with Crippen LogP contribution in [0.2, 0.25) is 0 Å². The number of hydrogen-bond acceptors (Lipinski definition) is 3. The van der Waals surface area contributed by atoms with Crippen molar-refractivity contribution >= 4 is 0 Å². The molecule has 19 heavy (non-hydrogen) atoms. The van der Waals surface area contributed by atoms with Crippen LogP contribution >= 0.6 is 0 Å². The molecule has 5 heteroatoms. The van der Waals surface area contributed by atoms with Gasteiger partial charge in [-0.3, -0.25) is 4.90 Å². The maximum atomic E-state index is 13.9. The zero-order valence-corrected chi connectivity index (χ0v) is 11.7. The lowest BCUT2D eigenvalue weighted by Crippen LogP contribution is -2.42. The van der Waals surface area contributed by atoms with Crippen LogP contribution in [-0.4, -0.2) is 37.7 Å². The topological polar surface area (TPSA) is 38.5 Å². The third-order valence-electron chi connectivity index (χ3n) is 3.30. The molecule has 2 N–H and O–H groups in total. The lowest BCUT2D eigenvalue weighted by atomic mass is 10.0. The smallest absolute Gasteiger partial charge is 0.163 e. The maximum Gasteiger partial charge on any atom is 0.163 e. The van der Waals surface area contributed by atoms with E-state index in [1.807, 2.05) is 18.7 Å². The molecule has 0 bridgehead atoms. The Kier molecular flexibility index (Phi) is 6.34. The molecule has 1 rings (SSSR count). The van der Waals surface area contributed by atoms with E-state index >= 15 is 0 Å². The molecule has 0 aliphatic rings. The summed E-state index contributed by atoms with van der Waals surface area (Å²) < 4.78 is 32.4. The summed E-state index contributed by atoms with van der Waals surface area (Å²) in [5.41, 5.74) is 6.06. The fourth-order valence-corrected chi connectivity index (χ4v) is 2.40. The molecule has 0 heterocycles. The van der Waals surface area contributed by atoms with E-state index in [0.717, 1.165) is 6.07 Å². The first-order valence-electron chi connectivity index (χ1n) is 6.45. The Morgan fingerprint density at radius 3 is 2.58 bits per heavy atom. The van der Waals surface area contributed by atoms with E-state index in [9.17, 15) is 8.78 Å². The van der Waals surface area contributed by atoms with Gasteiger partial charge in [0, 0.05) is 25.3 Å². The second kappa shape index (κ2) is 7.53. The van der Waals surface area contributed by atoms with Crippen LogP contribution in [0.4, 0.5) is 8.78 Å². The van der Waals surface area contributed by atoms with Crippen molar-refractivity contribution in [3.05, 3.63) is 35.4 Å². The molecule has 0 aliphatic carbocycles. The Morgan fingerprint density at radius 1 is 1.37 bits per heavy atom. The number of rotatable bonds is 7. The van der Waals surface area contributed by atoms with E-state index in [1.54, 1.807) is 13.2 Å². The summed E-state index contributed by atoms with van der Waals surface area (Å²) >= 11 is 0. The number of halogens is 2. The Hall–Kier alpha value is -1.04. The van der Waals surface area contributed by atoms with Crippen molar-refractivity contribution in [3.8, 4) is 0 Å². The van der Waals surface area contributed by atoms with Gasteiger partial charge in [0.05, 0.1) is 12.6 Å². The van der Waals surface area contributed by atoms with Crippen LogP contribution in [0.1, 0.15) is 25.5 Å². The molecule has 0 saturated carbocycles. The molecular weight excluding hydrogens is 250 g/mol. The molecule has 2 unspecified atom stereocenters. The average molecular weight is 272 g/mol. The Morgan fingerprint density at radius 2 is 2.05 bits per heavy atom. The highest BCUT2D eigenvalue weighted by molar-refractivity contribution is 5.23. The lowest BCUT2D eigenvalue weighted by molar-refractivity contribution is 0.0738. The summed E-state index contributed by atoms with van der Waals surface area (Å²) in [6.45, 7) is 5.37. The number of likely N-dealkylation sites (N-methyl/N-ethyl adjacent to an activating group) is 1. The highest BCUT2D eigenvalue weighted by Gasteiger charge is 2.25. The molecule has 0 amide bonds. The molecule has 108 valence electrons. The SMILES string of the molecule is CCN(C(C)COC)C(CN)c1cccc(F)c1F. The first-order chi connectivity index (χ1) is 9.06. The number of nitrogens with two attached hydrogens (primary N) is 1. The number of ether oxygens (including phenoxy) is 1. The normalized spacial score (nSPS) is 14.7. The van der Waals surface area contributed by atoms with Gasteiger partial charge in [0.25, 0.3) is 0 Å². The van der Waals surface area contributed by atoms with Gasteiger partial charge in [-0.1, -0.05) is 19.1 Å². The molecule has 2 atom stereocenters. The van der Waals surface area contributed by atoms with E-state index in [1.165, 1.54) is 6.07 Å². The molecule has 1 aromatic carbocycles. The van der Waals surface area contributed by atoms with Gasteiger partial charge >= 0.3 is 0 Å². The van der Waals surface area contributed by atoms with E-state index in [4.69, 9.17) is 10.5 Å². The predicted molar refractivity (Wildman–Crippen MR) is 71.9 cm³/mol. The third-order valence-corrected chi connectivity index (χ3v) is 3.30. The van der Waals surface area contributed by atoms with Crippen molar-refractivity contribution in [2.24, 2.45) is 5.73 Å². The van der Waals surface area contributed by atoms with Gasteiger partial charge in [0.1, 0.15) is 0 Å². The van der Waals surface area contributed by atoms with Crippen LogP contribution < -0.4 is 5.73 Å². The van der Waals surface area contributed by atoms with Crippen LogP contribution in [0.3, 0.4) is 0 Å². The summed E-state index contributed by atoms with van der Waals surface area (Å²) in [6.07, 6.45) is 0. The minimum absolute atomic E-state index is 0.0752. The Bertz CT molecular complexity index is 401. The molecule has 0 fully saturated rings. The summed E-state index contributed by atoms with van der Waals surface area (Å²) in [6, 6.07) is 3.92. The molecule has 1 aromatic rings. The third kappa shape index (κ3) is 3.72. The van der Waals surface area contributed by atoms with E-state index in [2.05, 4.69) is 0 Å². The van der Waals surface area contributed by atoms with Crippen LogP contribution in [0, 0.1) is 11.6 Å². The second-order valence-corrected chi connectivity index (χ2v) is 4.53. The average Bonchev–Trinajstić information content (AvgIpc) is 2.39. The molecule has 0 aliphatic heterocycles. The molecule has 3 nitrogen and oxygen atoms in total. The standard InChI is InChI=1S/C14H22F2N2O/c1-4-18(10(2)9-19-3)13(8-17)11-6-5-7-12(15)14(11)16/h5-7,10,13H,4,8-9,17H2,1-3H3. The van der Waals surface area contributed by atoms with Gasteiger partial charge in [-0.2, -0.15) is 0 Å². The minimum Gasteiger partial charge on any atom is -0.383 e.